The molecule has 1 N–H and O–H groups in total. The number of hydrogen-bond acceptors (Lipinski definition) is 5. The van der Waals surface area contributed by atoms with Crippen molar-refractivity contribution < 1.29 is 19.4 Å². The number of phenols is 1. The fraction of sp³-hybridized carbons (Fsp3) is 0.500. The van der Waals surface area contributed by atoms with Gasteiger partial charge in [0, 0.05) is 22.9 Å². The highest BCUT2D eigenvalue weighted by atomic mass is 16.6. The largest absolute Gasteiger partial charge is 0.504 e. The lowest BCUT2D eigenvalue weighted by atomic mass is 9.53. The molecule has 1 saturated heterocycles. The van der Waals surface area contributed by atoms with Gasteiger partial charge in [0.2, 0.25) is 0 Å². The number of rotatable bonds is 2. The van der Waals surface area contributed by atoms with E-state index in [-0.39, 0.29) is 17.3 Å². The highest BCUT2D eigenvalue weighted by Gasteiger charge is 2.64. The molecule has 1 aromatic carbocycles. The van der Waals surface area contributed by atoms with Crippen molar-refractivity contribution in [3.05, 3.63) is 35.4 Å². The van der Waals surface area contributed by atoms with E-state index in [1.54, 1.807) is 6.07 Å². The first kappa shape index (κ1) is 13.4. The third-order valence-corrected chi connectivity index (χ3v) is 6.34. The molecule has 2 bridgehead atoms. The molecule has 0 radical (unpaired) electrons. The smallest absolute Gasteiger partial charge is 0.293 e. The number of nitrogens with zero attached hydrogens (tertiary/aromatic N) is 1. The Labute approximate surface area is 134 Å². The zero-order valence-corrected chi connectivity index (χ0v) is 12.9. The Hall–Kier alpha value is -2.01. The van der Waals surface area contributed by atoms with Crippen molar-refractivity contribution in [2.24, 2.45) is 5.92 Å². The van der Waals surface area contributed by atoms with E-state index in [0.29, 0.717) is 24.2 Å². The van der Waals surface area contributed by atoms with Crippen molar-refractivity contribution >= 4 is 6.47 Å². The summed E-state index contributed by atoms with van der Waals surface area (Å²) in [6, 6.07) is 4.17. The maximum Gasteiger partial charge on any atom is 0.293 e. The average molecular weight is 313 g/mol. The summed E-state index contributed by atoms with van der Waals surface area (Å²) in [5, 5.41) is 10.3. The molecule has 2 aliphatic carbocycles. The topological polar surface area (TPSA) is 59.0 Å². The van der Waals surface area contributed by atoms with Crippen molar-refractivity contribution in [3.63, 3.8) is 0 Å². The quantitative estimate of drug-likeness (QED) is 0.660. The van der Waals surface area contributed by atoms with Crippen LogP contribution in [0.5, 0.6) is 11.5 Å². The number of carbonyl (C=O) groups excluding carboxylic acids is 1. The normalized spacial score (nSPS) is 39.5. The van der Waals surface area contributed by atoms with Gasteiger partial charge in [-0.3, -0.25) is 4.79 Å². The first-order chi connectivity index (χ1) is 11.2. The molecule has 2 aliphatic heterocycles. The summed E-state index contributed by atoms with van der Waals surface area (Å²) in [5.74, 6) is 1.12. The van der Waals surface area contributed by atoms with Gasteiger partial charge in [-0.2, -0.15) is 0 Å². The molecule has 1 spiro atoms. The SMILES string of the molecule is CN1CC[C@]23c4c5ccc(O)c4O[C@H]2[C@@H](OC=O)C=C[C@H]3[C@H]1C5. The summed E-state index contributed by atoms with van der Waals surface area (Å²) >= 11 is 0. The number of piperidine rings is 1. The van der Waals surface area contributed by atoms with Crippen molar-refractivity contribution in [2.75, 3.05) is 13.6 Å². The van der Waals surface area contributed by atoms with Gasteiger partial charge in [-0.1, -0.05) is 12.1 Å². The Kier molecular flexibility index (Phi) is 2.51. The molecule has 5 rings (SSSR count). The molecule has 1 aromatic rings. The lowest BCUT2D eigenvalue weighted by molar-refractivity contribution is -0.139. The lowest BCUT2D eigenvalue weighted by Gasteiger charge is -2.56. The van der Waals surface area contributed by atoms with Crippen LogP contribution in [0.2, 0.25) is 0 Å². The van der Waals surface area contributed by atoms with E-state index in [4.69, 9.17) is 9.47 Å². The third-order valence-electron chi connectivity index (χ3n) is 6.34. The Morgan fingerprint density at radius 2 is 2.30 bits per heavy atom. The molecule has 5 heteroatoms. The van der Waals surface area contributed by atoms with Crippen molar-refractivity contribution in [1.29, 1.82) is 0 Å². The highest BCUT2D eigenvalue weighted by molar-refractivity contribution is 5.62. The second-order valence-electron chi connectivity index (χ2n) is 7.14. The van der Waals surface area contributed by atoms with Crippen LogP contribution in [-0.4, -0.2) is 48.3 Å². The Morgan fingerprint density at radius 1 is 1.43 bits per heavy atom. The summed E-state index contributed by atoms with van der Waals surface area (Å²) in [4.78, 5) is 13.3. The standard InChI is InChI=1S/C18H19NO4/c1-19-7-6-18-11-3-5-14(22-9-20)17(18)23-16-13(21)4-2-10(15(16)18)8-12(11)19/h2-5,9,11-12,14,17,21H,6-8H2,1H3/t11-,12+,14-,17-,18-/m0/s1. The summed E-state index contributed by atoms with van der Waals surface area (Å²) in [6.07, 6.45) is 5.43. The molecule has 0 unspecified atom stereocenters. The number of likely N-dealkylation sites (N-methyl/N-ethyl adjacent to an activating group) is 1. The van der Waals surface area contributed by atoms with Gasteiger partial charge < -0.3 is 19.5 Å². The van der Waals surface area contributed by atoms with Gasteiger partial charge >= 0.3 is 0 Å². The third kappa shape index (κ3) is 1.44. The highest BCUT2D eigenvalue weighted by Crippen LogP contribution is 2.62. The molecule has 120 valence electrons. The van der Waals surface area contributed by atoms with Crippen molar-refractivity contribution in [1.82, 2.24) is 4.90 Å². The molecule has 4 aliphatic rings. The predicted molar refractivity (Wildman–Crippen MR) is 82.5 cm³/mol. The van der Waals surface area contributed by atoms with E-state index in [0.717, 1.165) is 24.9 Å². The maximum absolute atomic E-state index is 10.9. The zero-order valence-electron chi connectivity index (χ0n) is 12.9. The number of carbonyl (C=O) groups is 1. The minimum absolute atomic E-state index is 0.188. The van der Waals surface area contributed by atoms with Crippen LogP contribution in [-0.2, 0) is 21.4 Å². The number of hydrogen-bond donors (Lipinski definition) is 1. The number of benzene rings is 1. The van der Waals surface area contributed by atoms with Crippen LogP contribution in [0, 0.1) is 5.92 Å². The molecule has 0 aromatic heterocycles. The summed E-state index contributed by atoms with van der Waals surface area (Å²) in [5.41, 5.74) is 2.22. The number of phenolic OH excluding ortho intramolecular Hbond substituents is 1. The molecule has 5 nitrogen and oxygen atoms in total. The number of aromatic hydroxyl groups is 1. The van der Waals surface area contributed by atoms with Crippen LogP contribution >= 0.6 is 0 Å². The second-order valence-corrected chi connectivity index (χ2v) is 7.14. The van der Waals surface area contributed by atoms with Gasteiger partial charge in [0.1, 0.15) is 6.10 Å². The van der Waals surface area contributed by atoms with Crippen LogP contribution in [0.25, 0.3) is 0 Å². The fourth-order valence-corrected chi connectivity index (χ4v) is 5.40. The van der Waals surface area contributed by atoms with E-state index in [1.807, 2.05) is 12.1 Å². The number of likely N-dealkylation sites (tertiary alicyclic amines) is 1. The van der Waals surface area contributed by atoms with E-state index < -0.39 is 6.10 Å². The first-order valence-electron chi connectivity index (χ1n) is 8.16. The fourth-order valence-electron chi connectivity index (χ4n) is 5.40. The van der Waals surface area contributed by atoms with Gasteiger partial charge in [-0.25, -0.2) is 0 Å². The molecule has 0 saturated carbocycles. The Bertz CT molecular complexity index is 730. The zero-order chi connectivity index (χ0) is 15.8. The van der Waals surface area contributed by atoms with Crippen LogP contribution in [0.15, 0.2) is 24.3 Å². The van der Waals surface area contributed by atoms with Gasteiger partial charge in [0.05, 0.1) is 0 Å². The average Bonchev–Trinajstić information content (AvgIpc) is 2.90. The van der Waals surface area contributed by atoms with E-state index in [9.17, 15) is 9.90 Å². The molecule has 0 amide bonds. The van der Waals surface area contributed by atoms with Gasteiger partial charge in [-0.15, -0.1) is 0 Å². The van der Waals surface area contributed by atoms with Gasteiger partial charge in [0.25, 0.3) is 6.47 Å². The summed E-state index contributed by atoms with van der Waals surface area (Å²) in [7, 11) is 2.18. The minimum atomic E-state index is -0.398. The van der Waals surface area contributed by atoms with E-state index in [1.165, 1.54) is 5.56 Å². The molecule has 23 heavy (non-hydrogen) atoms. The van der Waals surface area contributed by atoms with Crippen molar-refractivity contribution in [2.45, 2.75) is 36.5 Å². The molecular formula is C18H19NO4. The monoisotopic (exact) mass is 313 g/mol. The second kappa shape index (κ2) is 4.29. The van der Waals surface area contributed by atoms with Crippen LogP contribution < -0.4 is 4.74 Å². The first-order valence-corrected chi connectivity index (χ1v) is 8.16. The molecule has 2 heterocycles. The van der Waals surface area contributed by atoms with Crippen LogP contribution in [0.1, 0.15) is 17.5 Å². The van der Waals surface area contributed by atoms with Gasteiger partial charge in [0.15, 0.2) is 17.6 Å². The van der Waals surface area contributed by atoms with Crippen LogP contribution in [0.3, 0.4) is 0 Å². The molecule has 5 atom stereocenters. The predicted octanol–water partition coefficient (Wildman–Crippen LogP) is 1.38. The maximum atomic E-state index is 10.9. The van der Waals surface area contributed by atoms with E-state index in [2.05, 4.69) is 18.0 Å². The van der Waals surface area contributed by atoms with Crippen LogP contribution in [0.4, 0.5) is 0 Å². The molecular weight excluding hydrogens is 294 g/mol. The summed E-state index contributed by atoms with van der Waals surface area (Å²) < 4.78 is 11.5. The molecule has 1 fully saturated rings. The Balaban J connectivity index is 1.78. The van der Waals surface area contributed by atoms with E-state index >= 15 is 0 Å². The van der Waals surface area contributed by atoms with Crippen molar-refractivity contribution in [3.8, 4) is 11.5 Å². The Morgan fingerprint density at radius 3 is 3.13 bits per heavy atom. The summed E-state index contributed by atoms with van der Waals surface area (Å²) in [6.45, 7) is 1.48. The number of ether oxygens (including phenoxy) is 2. The van der Waals surface area contributed by atoms with Gasteiger partial charge in [-0.05, 0) is 44.1 Å². The lowest BCUT2D eigenvalue weighted by Crippen LogP contribution is -2.65. The minimum Gasteiger partial charge on any atom is -0.504 e.